The van der Waals surface area contributed by atoms with Crippen LogP contribution in [0.1, 0.15) is 23.0 Å². The molecule has 0 radical (unpaired) electrons. The van der Waals surface area contributed by atoms with Crippen molar-refractivity contribution in [1.82, 2.24) is 9.88 Å². The predicted molar refractivity (Wildman–Crippen MR) is 113 cm³/mol. The fraction of sp³-hybridized carbons (Fsp3) is 0.273. The summed E-state index contributed by atoms with van der Waals surface area (Å²) < 4.78 is 11.1. The van der Waals surface area contributed by atoms with E-state index in [1.165, 1.54) is 13.2 Å². The number of benzene rings is 1. The van der Waals surface area contributed by atoms with Crippen LogP contribution in [0.4, 0.5) is 11.6 Å². The van der Waals surface area contributed by atoms with Gasteiger partial charge in [0.1, 0.15) is 6.07 Å². The third kappa shape index (κ3) is 4.49. The molecule has 1 amide bonds. The van der Waals surface area contributed by atoms with Crippen LogP contribution < -0.4 is 10.2 Å². The summed E-state index contributed by atoms with van der Waals surface area (Å²) in [6.45, 7) is 4.07. The van der Waals surface area contributed by atoms with Crippen LogP contribution >= 0.6 is 0 Å². The molecule has 1 aliphatic rings. The van der Waals surface area contributed by atoms with Gasteiger partial charge in [0.25, 0.3) is 5.89 Å². The molecule has 4 rings (SSSR count). The number of carbonyl (C=O) groups is 2. The third-order valence-electron chi connectivity index (χ3n) is 5.05. The highest BCUT2D eigenvalue weighted by molar-refractivity contribution is 6.04. The van der Waals surface area contributed by atoms with Crippen molar-refractivity contribution in [3.05, 3.63) is 53.9 Å². The van der Waals surface area contributed by atoms with E-state index in [2.05, 4.69) is 16.4 Å². The molecule has 9 heteroatoms. The number of oxazole rings is 1. The number of nitrogens with zero attached hydrogens (tertiary/aromatic N) is 4. The van der Waals surface area contributed by atoms with Gasteiger partial charge in [-0.1, -0.05) is 12.1 Å². The maximum absolute atomic E-state index is 12.5. The number of hydrogen-bond donors (Lipinski definition) is 1. The Balaban J connectivity index is 1.36. The van der Waals surface area contributed by atoms with Crippen molar-refractivity contribution in [1.29, 1.82) is 5.26 Å². The van der Waals surface area contributed by atoms with Gasteiger partial charge in [-0.25, -0.2) is 0 Å². The standard InChI is InChI=1S/C22H21N5O4/c1-15(28)16-5-2-3-6-17(16)24-20(29)14-26-8-10-27(11-9-26)22-18(13-23)25-21(31-22)19-7-4-12-30-19/h2-7,12H,8-11,14H2,1H3,(H,24,29). The number of amides is 1. The van der Waals surface area contributed by atoms with Crippen LogP contribution in [-0.2, 0) is 4.79 Å². The van der Waals surface area contributed by atoms with Crippen molar-refractivity contribution in [2.24, 2.45) is 0 Å². The second kappa shape index (κ2) is 8.85. The first-order valence-corrected chi connectivity index (χ1v) is 9.87. The van der Waals surface area contributed by atoms with Crippen LogP contribution in [0.15, 0.2) is 51.5 Å². The lowest BCUT2D eigenvalue weighted by Gasteiger charge is -2.34. The van der Waals surface area contributed by atoms with E-state index in [1.54, 1.807) is 36.4 Å². The summed E-state index contributed by atoms with van der Waals surface area (Å²) >= 11 is 0. The van der Waals surface area contributed by atoms with Gasteiger partial charge in [0, 0.05) is 31.7 Å². The number of nitriles is 1. The van der Waals surface area contributed by atoms with Gasteiger partial charge >= 0.3 is 0 Å². The second-order valence-electron chi connectivity index (χ2n) is 7.18. The quantitative estimate of drug-likeness (QED) is 0.607. The molecule has 0 spiro atoms. The number of piperazine rings is 1. The maximum atomic E-state index is 12.5. The summed E-state index contributed by atoms with van der Waals surface area (Å²) in [5.74, 6) is 0.859. The lowest BCUT2D eigenvalue weighted by molar-refractivity contribution is -0.117. The summed E-state index contributed by atoms with van der Waals surface area (Å²) in [5, 5.41) is 12.2. The van der Waals surface area contributed by atoms with Crippen LogP contribution in [0.5, 0.6) is 0 Å². The van der Waals surface area contributed by atoms with Crippen LogP contribution in [0.3, 0.4) is 0 Å². The predicted octanol–water partition coefficient (Wildman–Crippen LogP) is 2.77. The molecule has 0 atom stereocenters. The van der Waals surface area contributed by atoms with Crippen molar-refractivity contribution in [3.63, 3.8) is 0 Å². The Hall–Kier alpha value is -3.90. The van der Waals surface area contributed by atoms with Crippen LogP contribution in [0.25, 0.3) is 11.7 Å². The zero-order valence-corrected chi connectivity index (χ0v) is 17.0. The molecule has 31 heavy (non-hydrogen) atoms. The highest BCUT2D eigenvalue weighted by Gasteiger charge is 2.26. The van der Waals surface area contributed by atoms with E-state index in [9.17, 15) is 14.9 Å². The number of aromatic nitrogens is 1. The largest absolute Gasteiger partial charge is 0.459 e. The Labute approximate surface area is 178 Å². The summed E-state index contributed by atoms with van der Waals surface area (Å²) in [6.07, 6.45) is 1.52. The molecular formula is C22H21N5O4. The molecule has 1 fully saturated rings. The van der Waals surface area contributed by atoms with Gasteiger partial charge in [0.2, 0.25) is 17.5 Å². The van der Waals surface area contributed by atoms with Crippen LogP contribution in [-0.4, -0.2) is 54.3 Å². The van der Waals surface area contributed by atoms with Crippen molar-refractivity contribution in [3.8, 4) is 17.7 Å². The van der Waals surface area contributed by atoms with E-state index in [-0.39, 0.29) is 29.8 Å². The number of rotatable bonds is 6. The molecule has 0 unspecified atom stereocenters. The van der Waals surface area contributed by atoms with Crippen molar-refractivity contribution < 1.29 is 18.4 Å². The van der Waals surface area contributed by atoms with Gasteiger partial charge in [-0.2, -0.15) is 10.2 Å². The lowest BCUT2D eigenvalue weighted by Crippen LogP contribution is -2.48. The first-order valence-electron chi connectivity index (χ1n) is 9.87. The monoisotopic (exact) mass is 419 g/mol. The molecule has 0 bridgehead atoms. The number of nitrogens with one attached hydrogen (secondary N) is 1. The Morgan fingerprint density at radius 3 is 2.61 bits per heavy atom. The molecule has 3 aromatic rings. The van der Waals surface area contributed by atoms with E-state index in [0.717, 1.165) is 0 Å². The van der Waals surface area contributed by atoms with Crippen LogP contribution in [0, 0.1) is 11.3 Å². The van der Waals surface area contributed by atoms with E-state index in [0.29, 0.717) is 49.1 Å². The average molecular weight is 419 g/mol. The topological polar surface area (TPSA) is 116 Å². The molecule has 2 aromatic heterocycles. The number of para-hydroxylation sites is 1. The zero-order chi connectivity index (χ0) is 21.8. The third-order valence-corrected chi connectivity index (χ3v) is 5.05. The summed E-state index contributed by atoms with van der Waals surface area (Å²) in [7, 11) is 0. The van der Waals surface area contributed by atoms with E-state index < -0.39 is 0 Å². The molecule has 3 heterocycles. The minimum atomic E-state index is -0.181. The van der Waals surface area contributed by atoms with Gasteiger partial charge < -0.3 is 19.1 Å². The molecule has 1 saturated heterocycles. The summed E-state index contributed by atoms with van der Waals surface area (Å²) in [4.78, 5) is 32.4. The van der Waals surface area contributed by atoms with E-state index in [1.807, 2.05) is 9.80 Å². The fourth-order valence-electron chi connectivity index (χ4n) is 3.51. The number of anilines is 2. The molecule has 0 saturated carbocycles. The van der Waals surface area contributed by atoms with Gasteiger partial charge in [-0.3, -0.25) is 14.5 Å². The van der Waals surface area contributed by atoms with Gasteiger partial charge in [-0.05, 0) is 31.2 Å². The number of hydrogen-bond acceptors (Lipinski definition) is 8. The SMILES string of the molecule is CC(=O)c1ccccc1NC(=O)CN1CCN(c2oc(-c3ccco3)nc2C#N)CC1. The average Bonchev–Trinajstić information content (AvgIpc) is 3.44. The first-order chi connectivity index (χ1) is 15.0. The van der Waals surface area contributed by atoms with Crippen molar-refractivity contribution in [2.75, 3.05) is 42.9 Å². The zero-order valence-electron chi connectivity index (χ0n) is 17.0. The van der Waals surface area contributed by atoms with E-state index >= 15 is 0 Å². The van der Waals surface area contributed by atoms with Gasteiger partial charge in [0.05, 0.1) is 18.5 Å². The molecule has 158 valence electrons. The maximum Gasteiger partial charge on any atom is 0.266 e. The number of carbonyl (C=O) groups excluding carboxylic acids is 2. The molecular weight excluding hydrogens is 398 g/mol. The Bertz CT molecular complexity index is 1120. The molecule has 1 N–H and O–H groups in total. The first kappa shape index (κ1) is 20.4. The fourth-order valence-corrected chi connectivity index (χ4v) is 3.51. The number of Topliss-reactive ketones (excluding diaryl/α,β-unsaturated/α-hetero) is 1. The van der Waals surface area contributed by atoms with Crippen molar-refractivity contribution >= 4 is 23.3 Å². The minimum Gasteiger partial charge on any atom is -0.459 e. The van der Waals surface area contributed by atoms with E-state index in [4.69, 9.17) is 8.83 Å². The van der Waals surface area contributed by atoms with Gasteiger partial charge in [-0.15, -0.1) is 0 Å². The summed E-state index contributed by atoms with van der Waals surface area (Å²) in [6, 6.07) is 12.5. The van der Waals surface area contributed by atoms with Crippen molar-refractivity contribution in [2.45, 2.75) is 6.92 Å². The lowest BCUT2D eigenvalue weighted by atomic mass is 10.1. The van der Waals surface area contributed by atoms with Gasteiger partial charge in [0.15, 0.2) is 11.5 Å². The minimum absolute atomic E-state index is 0.0983. The highest BCUT2D eigenvalue weighted by Crippen LogP contribution is 2.29. The smallest absolute Gasteiger partial charge is 0.266 e. The van der Waals surface area contributed by atoms with Crippen LogP contribution in [0.2, 0.25) is 0 Å². The highest BCUT2D eigenvalue weighted by atomic mass is 16.4. The Kier molecular flexibility index (Phi) is 5.82. The molecule has 1 aliphatic heterocycles. The molecule has 9 nitrogen and oxygen atoms in total. The Morgan fingerprint density at radius 1 is 1.16 bits per heavy atom. The molecule has 1 aromatic carbocycles. The molecule has 0 aliphatic carbocycles. The second-order valence-corrected chi connectivity index (χ2v) is 7.18. The Morgan fingerprint density at radius 2 is 1.94 bits per heavy atom. The normalized spacial score (nSPS) is 14.3. The number of furan rings is 1. The number of ketones is 1. The summed E-state index contributed by atoms with van der Waals surface area (Å²) in [5.41, 5.74) is 1.21.